The van der Waals surface area contributed by atoms with Crippen molar-refractivity contribution in [3.63, 3.8) is 0 Å². The molecule has 1 aliphatic rings. The minimum atomic E-state index is -0.759. The number of unbranched alkanes of at least 4 members (excludes halogenated alkanes) is 2. The van der Waals surface area contributed by atoms with Crippen molar-refractivity contribution in [3.8, 4) is 11.5 Å². The lowest BCUT2D eigenvalue weighted by atomic mass is 9.76. The zero-order valence-electron chi connectivity index (χ0n) is 15.8. The minimum absolute atomic E-state index is 0.221. The number of carbonyl (C=O) groups is 1. The van der Waals surface area contributed by atoms with Crippen LogP contribution in [0.3, 0.4) is 0 Å². The van der Waals surface area contributed by atoms with Crippen LogP contribution in [0.4, 0.5) is 0 Å². The number of aliphatic carboxylic acids is 1. The van der Waals surface area contributed by atoms with E-state index in [4.69, 9.17) is 9.47 Å². The molecule has 1 N–H and O–H groups in total. The molecule has 1 aromatic carbocycles. The lowest BCUT2D eigenvalue weighted by Gasteiger charge is -2.29. The Morgan fingerprint density at radius 3 is 2.36 bits per heavy atom. The van der Waals surface area contributed by atoms with E-state index in [1.165, 1.54) is 24.0 Å². The van der Waals surface area contributed by atoms with Crippen molar-refractivity contribution in [2.75, 3.05) is 14.2 Å². The highest BCUT2D eigenvalue weighted by molar-refractivity contribution is 5.73. The third-order valence-electron chi connectivity index (χ3n) is 5.07. The van der Waals surface area contributed by atoms with Crippen LogP contribution in [0.15, 0.2) is 23.8 Å². The van der Waals surface area contributed by atoms with E-state index in [0.29, 0.717) is 6.42 Å². The molecule has 2 rings (SSSR count). The van der Waals surface area contributed by atoms with Gasteiger partial charge in [-0.3, -0.25) is 4.79 Å². The van der Waals surface area contributed by atoms with Crippen molar-refractivity contribution >= 4 is 5.97 Å². The maximum atomic E-state index is 11.8. The Morgan fingerprint density at radius 1 is 1.20 bits per heavy atom. The van der Waals surface area contributed by atoms with Gasteiger partial charge in [0, 0.05) is 11.5 Å². The fourth-order valence-electron chi connectivity index (χ4n) is 3.68. The van der Waals surface area contributed by atoms with Crippen LogP contribution in [-0.4, -0.2) is 25.3 Å². The van der Waals surface area contributed by atoms with Gasteiger partial charge >= 0.3 is 5.97 Å². The first-order chi connectivity index (χ1) is 12.0. The molecule has 0 saturated heterocycles. The smallest absolute Gasteiger partial charge is 0.307 e. The van der Waals surface area contributed by atoms with E-state index < -0.39 is 11.9 Å². The van der Waals surface area contributed by atoms with Gasteiger partial charge in [0.15, 0.2) is 0 Å². The van der Waals surface area contributed by atoms with Gasteiger partial charge in [-0.1, -0.05) is 31.4 Å². The van der Waals surface area contributed by atoms with Crippen LogP contribution in [-0.2, 0) is 11.2 Å². The van der Waals surface area contributed by atoms with Crippen LogP contribution >= 0.6 is 0 Å². The molecule has 0 fully saturated rings. The number of carboxylic acids is 1. The van der Waals surface area contributed by atoms with Crippen LogP contribution < -0.4 is 9.47 Å². The Hall–Kier alpha value is -1.97. The first kappa shape index (κ1) is 19.4. The summed E-state index contributed by atoms with van der Waals surface area (Å²) < 4.78 is 11.3. The first-order valence-corrected chi connectivity index (χ1v) is 9.16. The quantitative estimate of drug-likeness (QED) is 0.534. The SMILES string of the molecule is CCCCCc1cc(OC)c([C@@H]2C=C(C)CC[C@H]2C(=O)O)c(OC)c1. The number of methoxy groups -OCH3 is 2. The number of ether oxygens (including phenoxy) is 2. The number of aryl methyl sites for hydroxylation is 1. The fourth-order valence-corrected chi connectivity index (χ4v) is 3.68. The summed E-state index contributed by atoms with van der Waals surface area (Å²) in [5.74, 6) is 0.0317. The molecule has 0 amide bonds. The van der Waals surface area contributed by atoms with Crippen molar-refractivity contribution in [1.29, 1.82) is 0 Å². The van der Waals surface area contributed by atoms with Crippen molar-refractivity contribution in [2.24, 2.45) is 5.92 Å². The number of hydrogen-bond acceptors (Lipinski definition) is 3. The molecule has 0 aromatic heterocycles. The molecule has 0 spiro atoms. The maximum absolute atomic E-state index is 11.8. The molecule has 2 atom stereocenters. The Balaban J connectivity index is 2.47. The van der Waals surface area contributed by atoms with Crippen molar-refractivity contribution in [3.05, 3.63) is 34.9 Å². The van der Waals surface area contributed by atoms with Gasteiger partial charge in [0.1, 0.15) is 11.5 Å². The van der Waals surface area contributed by atoms with Gasteiger partial charge in [0.2, 0.25) is 0 Å². The molecule has 0 radical (unpaired) electrons. The zero-order chi connectivity index (χ0) is 18.4. The molecule has 0 bridgehead atoms. The van der Waals surface area contributed by atoms with E-state index in [1.54, 1.807) is 14.2 Å². The summed E-state index contributed by atoms with van der Waals surface area (Å²) in [5, 5.41) is 9.67. The largest absolute Gasteiger partial charge is 0.496 e. The Labute approximate surface area is 150 Å². The Morgan fingerprint density at radius 2 is 1.84 bits per heavy atom. The maximum Gasteiger partial charge on any atom is 0.307 e. The van der Waals surface area contributed by atoms with Gasteiger partial charge in [-0.25, -0.2) is 0 Å². The molecule has 0 aliphatic heterocycles. The van der Waals surface area contributed by atoms with Crippen molar-refractivity contribution in [1.82, 2.24) is 0 Å². The van der Waals surface area contributed by atoms with E-state index in [1.807, 2.05) is 12.1 Å². The summed E-state index contributed by atoms with van der Waals surface area (Å²) in [7, 11) is 3.28. The summed E-state index contributed by atoms with van der Waals surface area (Å²) >= 11 is 0. The number of hydrogen-bond donors (Lipinski definition) is 1. The molecule has 0 saturated carbocycles. The Bertz CT molecular complexity index is 608. The van der Waals surface area contributed by atoms with Crippen molar-refractivity contribution < 1.29 is 19.4 Å². The van der Waals surface area contributed by atoms with Crippen LogP contribution in [0.5, 0.6) is 11.5 Å². The monoisotopic (exact) mass is 346 g/mol. The topological polar surface area (TPSA) is 55.8 Å². The van der Waals surface area contributed by atoms with E-state index in [9.17, 15) is 9.90 Å². The lowest BCUT2D eigenvalue weighted by Crippen LogP contribution is -2.25. The van der Waals surface area contributed by atoms with Gasteiger partial charge in [-0.15, -0.1) is 0 Å². The van der Waals surface area contributed by atoms with Crippen LogP contribution in [0.1, 0.15) is 63.0 Å². The molecule has 25 heavy (non-hydrogen) atoms. The van der Waals surface area contributed by atoms with Gasteiger partial charge in [-0.2, -0.15) is 0 Å². The zero-order valence-corrected chi connectivity index (χ0v) is 15.8. The lowest BCUT2D eigenvalue weighted by molar-refractivity contribution is -0.142. The predicted molar refractivity (Wildman–Crippen MR) is 99.6 cm³/mol. The van der Waals surface area contributed by atoms with E-state index in [-0.39, 0.29) is 5.92 Å². The highest BCUT2D eigenvalue weighted by Gasteiger charge is 2.34. The van der Waals surface area contributed by atoms with Crippen LogP contribution in [0.25, 0.3) is 0 Å². The van der Waals surface area contributed by atoms with E-state index >= 15 is 0 Å². The van der Waals surface area contributed by atoms with Crippen molar-refractivity contribution in [2.45, 2.75) is 58.3 Å². The molecular formula is C21H30O4. The molecule has 1 aromatic rings. The summed E-state index contributed by atoms with van der Waals surface area (Å²) in [6, 6.07) is 4.09. The number of allylic oxidation sites excluding steroid dienone is 2. The molecule has 0 heterocycles. The second-order valence-corrected chi connectivity index (χ2v) is 6.89. The molecule has 0 unspecified atom stereocenters. The second kappa shape index (κ2) is 8.93. The fraction of sp³-hybridized carbons (Fsp3) is 0.571. The van der Waals surface area contributed by atoms with Gasteiger partial charge in [0.25, 0.3) is 0 Å². The Kier molecular flexibility index (Phi) is 6.91. The molecule has 1 aliphatic carbocycles. The number of carboxylic acid groups (broad SMARTS) is 1. The molecular weight excluding hydrogens is 316 g/mol. The van der Waals surface area contributed by atoms with Gasteiger partial charge < -0.3 is 14.6 Å². The number of benzene rings is 1. The van der Waals surface area contributed by atoms with Gasteiger partial charge in [0.05, 0.1) is 20.1 Å². The summed E-state index contributed by atoms with van der Waals surface area (Å²) in [4.78, 5) is 11.8. The van der Waals surface area contributed by atoms with E-state index in [0.717, 1.165) is 36.3 Å². The average molecular weight is 346 g/mol. The third-order valence-corrected chi connectivity index (χ3v) is 5.07. The van der Waals surface area contributed by atoms with Crippen LogP contribution in [0, 0.1) is 5.92 Å². The normalized spacial score (nSPS) is 20.1. The predicted octanol–water partition coefficient (Wildman–Crippen LogP) is 4.96. The molecule has 4 nitrogen and oxygen atoms in total. The highest BCUT2D eigenvalue weighted by atomic mass is 16.5. The molecule has 4 heteroatoms. The minimum Gasteiger partial charge on any atom is -0.496 e. The van der Waals surface area contributed by atoms with Gasteiger partial charge in [-0.05, 0) is 50.3 Å². The molecule has 138 valence electrons. The standard InChI is InChI=1S/C21H30O4/c1-5-6-7-8-15-12-18(24-3)20(19(13-15)25-4)17-11-14(2)9-10-16(17)21(22)23/h11-13,16-17H,5-10H2,1-4H3,(H,22,23)/t16-,17-/m1/s1. The summed E-state index contributed by atoms with van der Waals surface area (Å²) in [6.45, 7) is 4.25. The number of rotatable bonds is 8. The highest BCUT2D eigenvalue weighted by Crippen LogP contribution is 2.45. The van der Waals surface area contributed by atoms with Crippen LogP contribution in [0.2, 0.25) is 0 Å². The first-order valence-electron chi connectivity index (χ1n) is 9.16. The van der Waals surface area contributed by atoms with E-state index in [2.05, 4.69) is 19.9 Å². The summed E-state index contributed by atoms with van der Waals surface area (Å²) in [6.07, 6.45) is 8.02. The summed E-state index contributed by atoms with van der Waals surface area (Å²) in [5.41, 5.74) is 3.25. The average Bonchev–Trinajstić information content (AvgIpc) is 2.60. The second-order valence-electron chi connectivity index (χ2n) is 6.89. The third kappa shape index (κ3) is 4.56.